The van der Waals surface area contributed by atoms with E-state index in [1.54, 1.807) is 12.1 Å². The van der Waals surface area contributed by atoms with Crippen LogP contribution < -0.4 is 5.32 Å². The van der Waals surface area contributed by atoms with Gasteiger partial charge in [0.25, 0.3) is 5.69 Å². The zero-order valence-corrected chi connectivity index (χ0v) is 12.6. The molecule has 1 aliphatic rings. The van der Waals surface area contributed by atoms with Gasteiger partial charge in [-0.1, -0.05) is 31.4 Å². The number of amides is 1. The van der Waals surface area contributed by atoms with Gasteiger partial charge < -0.3 is 10.4 Å². The Morgan fingerprint density at radius 2 is 1.86 bits per heavy atom. The minimum absolute atomic E-state index is 0.0191. The Hall–Kier alpha value is -1.95. The molecule has 1 aromatic rings. The molecule has 1 fully saturated rings. The van der Waals surface area contributed by atoms with Crippen LogP contribution in [0.25, 0.3) is 0 Å². The molecule has 1 saturated carbocycles. The SMILES string of the molecule is O=C(Cc1ccc([N+](=O)[O-])cc1)NCC1(CO)CCCCC1. The van der Waals surface area contributed by atoms with Crippen molar-refractivity contribution < 1.29 is 14.8 Å². The number of hydrogen-bond donors (Lipinski definition) is 2. The van der Waals surface area contributed by atoms with Crippen molar-refractivity contribution >= 4 is 11.6 Å². The molecule has 0 unspecified atom stereocenters. The first kappa shape index (κ1) is 16.4. The van der Waals surface area contributed by atoms with E-state index in [0.29, 0.717) is 6.54 Å². The van der Waals surface area contributed by atoms with E-state index in [0.717, 1.165) is 31.2 Å². The lowest BCUT2D eigenvalue weighted by Crippen LogP contribution is -2.41. The fourth-order valence-electron chi connectivity index (χ4n) is 2.96. The number of non-ortho nitro benzene ring substituents is 1. The molecule has 0 saturated heterocycles. The average molecular weight is 306 g/mol. The predicted octanol–water partition coefficient (Wildman–Crippen LogP) is 2.20. The minimum Gasteiger partial charge on any atom is -0.396 e. The van der Waals surface area contributed by atoms with E-state index in [-0.39, 0.29) is 30.0 Å². The van der Waals surface area contributed by atoms with Gasteiger partial charge in [-0.3, -0.25) is 14.9 Å². The van der Waals surface area contributed by atoms with Crippen molar-refractivity contribution in [3.63, 3.8) is 0 Å². The van der Waals surface area contributed by atoms with Crippen LogP contribution in [0.3, 0.4) is 0 Å². The van der Waals surface area contributed by atoms with Crippen molar-refractivity contribution in [2.45, 2.75) is 38.5 Å². The highest BCUT2D eigenvalue weighted by Gasteiger charge is 2.31. The quantitative estimate of drug-likeness (QED) is 0.622. The van der Waals surface area contributed by atoms with Crippen molar-refractivity contribution in [1.82, 2.24) is 5.32 Å². The van der Waals surface area contributed by atoms with Crippen LogP contribution in [-0.2, 0) is 11.2 Å². The van der Waals surface area contributed by atoms with Crippen LogP contribution >= 0.6 is 0 Å². The second-order valence-electron chi connectivity index (χ2n) is 6.10. The summed E-state index contributed by atoms with van der Waals surface area (Å²) in [5.74, 6) is -0.118. The lowest BCUT2D eigenvalue weighted by Gasteiger charge is -2.35. The Morgan fingerprint density at radius 1 is 1.23 bits per heavy atom. The number of aliphatic hydroxyl groups is 1. The van der Waals surface area contributed by atoms with Crippen LogP contribution in [0, 0.1) is 15.5 Å². The number of carbonyl (C=O) groups is 1. The Balaban J connectivity index is 1.85. The molecule has 0 aromatic heterocycles. The van der Waals surface area contributed by atoms with Gasteiger partial charge in [-0.2, -0.15) is 0 Å². The molecule has 120 valence electrons. The Labute approximate surface area is 129 Å². The fourth-order valence-corrected chi connectivity index (χ4v) is 2.96. The summed E-state index contributed by atoms with van der Waals surface area (Å²) in [5, 5.41) is 23.1. The lowest BCUT2D eigenvalue weighted by molar-refractivity contribution is -0.384. The van der Waals surface area contributed by atoms with E-state index in [2.05, 4.69) is 5.32 Å². The Kier molecular flexibility index (Phi) is 5.49. The Morgan fingerprint density at radius 3 is 2.41 bits per heavy atom. The minimum atomic E-state index is -0.460. The molecule has 6 nitrogen and oxygen atoms in total. The number of hydrogen-bond acceptors (Lipinski definition) is 4. The highest BCUT2D eigenvalue weighted by molar-refractivity contribution is 5.78. The van der Waals surface area contributed by atoms with E-state index < -0.39 is 4.92 Å². The van der Waals surface area contributed by atoms with E-state index in [1.165, 1.54) is 18.6 Å². The van der Waals surface area contributed by atoms with Gasteiger partial charge in [-0.25, -0.2) is 0 Å². The van der Waals surface area contributed by atoms with Crippen LogP contribution in [0.1, 0.15) is 37.7 Å². The fraction of sp³-hybridized carbons (Fsp3) is 0.562. The molecule has 0 aliphatic heterocycles. The zero-order chi connectivity index (χ0) is 16.0. The highest BCUT2D eigenvalue weighted by Crippen LogP contribution is 2.35. The summed E-state index contributed by atoms with van der Waals surface area (Å²) in [5.41, 5.74) is 0.582. The molecule has 0 atom stereocenters. The molecule has 2 rings (SSSR count). The first-order valence-electron chi connectivity index (χ1n) is 7.66. The third-order valence-electron chi connectivity index (χ3n) is 4.42. The van der Waals surface area contributed by atoms with Gasteiger partial charge in [0.2, 0.25) is 5.91 Å². The van der Waals surface area contributed by atoms with E-state index in [1.807, 2.05) is 0 Å². The second-order valence-corrected chi connectivity index (χ2v) is 6.10. The number of nitrogens with zero attached hydrogens (tertiary/aromatic N) is 1. The lowest BCUT2D eigenvalue weighted by atomic mass is 9.74. The number of benzene rings is 1. The topological polar surface area (TPSA) is 92.5 Å². The maximum Gasteiger partial charge on any atom is 0.269 e. The molecule has 0 heterocycles. The maximum atomic E-state index is 12.0. The zero-order valence-electron chi connectivity index (χ0n) is 12.6. The number of aliphatic hydroxyl groups excluding tert-OH is 1. The molecular formula is C16H22N2O4. The third-order valence-corrected chi connectivity index (χ3v) is 4.42. The number of rotatable bonds is 6. The first-order valence-corrected chi connectivity index (χ1v) is 7.66. The van der Waals surface area contributed by atoms with Crippen LogP contribution in [0.2, 0.25) is 0 Å². The molecule has 22 heavy (non-hydrogen) atoms. The largest absolute Gasteiger partial charge is 0.396 e. The highest BCUT2D eigenvalue weighted by atomic mass is 16.6. The van der Waals surface area contributed by atoms with Crippen molar-refractivity contribution in [3.05, 3.63) is 39.9 Å². The summed E-state index contributed by atoms with van der Waals surface area (Å²) in [6, 6.07) is 6.00. The Bertz CT molecular complexity index is 521. The predicted molar refractivity (Wildman–Crippen MR) is 82.4 cm³/mol. The van der Waals surface area contributed by atoms with Crippen molar-refractivity contribution in [3.8, 4) is 0 Å². The van der Waals surface area contributed by atoms with E-state index in [4.69, 9.17) is 0 Å². The van der Waals surface area contributed by atoms with Gasteiger partial charge >= 0.3 is 0 Å². The number of nitrogens with one attached hydrogen (secondary N) is 1. The number of nitro groups is 1. The average Bonchev–Trinajstić information content (AvgIpc) is 2.54. The smallest absolute Gasteiger partial charge is 0.269 e. The first-order chi connectivity index (χ1) is 10.5. The molecule has 1 aliphatic carbocycles. The standard InChI is InChI=1S/C16H22N2O4/c19-12-16(8-2-1-3-9-16)11-17-15(20)10-13-4-6-14(7-5-13)18(21)22/h4-7,19H,1-3,8-12H2,(H,17,20). The van der Waals surface area contributed by atoms with Crippen LogP contribution in [0.15, 0.2) is 24.3 Å². The summed E-state index contributed by atoms with van der Waals surface area (Å²) in [6.45, 7) is 0.597. The normalized spacial score (nSPS) is 17.0. The van der Waals surface area contributed by atoms with Gasteiger partial charge in [0.1, 0.15) is 0 Å². The summed E-state index contributed by atoms with van der Waals surface area (Å²) in [7, 11) is 0. The summed E-state index contributed by atoms with van der Waals surface area (Å²) >= 11 is 0. The van der Waals surface area contributed by atoms with Gasteiger partial charge in [-0.05, 0) is 18.4 Å². The van der Waals surface area contributed by atoms with Gasteiger partial charge in [0.15, 0.2) is 0 Å². The molecular weight excluding hydrogens is 284 g/mol. The number of nitro benzene ring substituents is 1. The van der Waals surface area contributed by atoms with Gasteiger partial charge in [0, 0.05) is 24.1 Å². The molecule has 2 N–H and O–H groups in total. The van der Waals surface area contributed by atoms with Crippen molar-refractivity contribution in [2.24, 2.45) is 5.41 Å². The number of carbonyl (C=O) groups excluding carboxylic acids is 1. The van der Waals surface area contributed by atoms with Gasteiger partial charge in [-0.15, -0.1) is 0 Å². The summed E-state index contributed by atoms with van der Waals surface area (Å²) in [4.78, 5) is 22.1. The third kappa shape index (κ3) is 4.27. The molecule has 1 amide bonds. The van der Waals surface area contributed by atoms with E-state index in [9.17, 15) is 20.0 Å². The molecule has 0 spiro atoms. The summed E-state index contributed by atoms with van der Waals surface area (Å²) < 4.78 is 0. The van der Waals surface area contributed by atoms with Crippen molar-refractivity contribution in [1.29, 1.82) is 0 Å². The molecule has 1 aromatic carbocycles. The van der Waals surface area contributed by atoms with E-state index >= 15 is 0 Å². The maximum absolute atomic E-state index is 12.0. The van der Waals surface area contributed by atoms with Crippen LogP contribution in [-0.4, -0.2) is 29.1 Å². The summed E-state index contributed by atoms with van der Waals surface area (Å²) in [6.07, 6.45) is 5.47. The van der Waals surface area contributed by atoms with Crippen LogP contribution in [0.5, 0.6) is 0 Å². The van der Waals surface area contributed by atoms with Gasteiger partial charge in [0.05, 0.1) is 18.0 Å². The monoisotopic (exact) mass is 306 g/mol. The second kappa shape index (κ2) is 7.35. The van der Waals surface area contributed by atoms with Crippen LogP contribution in [0.4, 0.5) is 5.69 Å². The molecule has 0 bridgehead atoms. The molecule has 6 heteroatoms. The van der Waals surface area contributed by atoms with Crippen molar-refractivity contribution in [2.75, 3.05) is 13.2 Å². The molecule has 0 radical (unpaired) electrons.